The van der Waals surface area contributed by atoms with E-state index in [4.69, 9.17) is 0 Å². The van der Waals surface area contributed by atoms with Crippen LogP contribution in [0, 0.1) is 10.1 Å². The van der Waals surface area contributed by atoms with Gasteiger partial charge in [-0.05, 0) is 31.6 Å². The van der Waals surface area contributed by atoms with Gasteiger partial charge in [0.15, 0.2) is 5.78 Å². The van der Waals surface area contributed by atoms with Crippen LogP contribution in [-0.4, -0.2) is 23.8 Å². The van der Waals surface area contributed by atoms with Gasteiger partial charge in [0.1, 0.15) is 5.69 Å². The van der Waals surface area contributed by atoms with Crippen LogP contribution >= 0.6 is 0 Å². The number of rotatable bonds is 7. The number of allylic oxidation sites excluding steroid dienone is 1. The van der Waals surface area contributed by atoms with Crippen LogP contribution in [0.4, 0.5) is 11.4 Å². The fourth-order valence-corrected chi connectivity index (χ4v) is 2.49. The highest BCUT2D eigenvalue weighted by molar-refractivity contribution is 6.06. The average Bonchev–Trinajstić information content (AvgIpc) is 2.62. The summed E-state index contributed by atoms with van der Waals surface area (Å²) >= 11 is 0. The maximum absolute atomic E-state index is 12.1. The Labute approximate surface area is 141 Å². The third kappa shape index (κ3) is 4.07. The van der Waals surface area contributed by atoms with Crippen LogP contribution in [0.1, 0.15) is 29.8 Å². The first kappa shape index (κ1) is 17.4. The first-order valence-corrected chi connectivity index (χ1v) is 7.87. The second-order valence-corrected chi connectivity index (χ2v) is 5.24. The number of nitro benzene ring substituents is 1. The molecule has 0 spiro atoms. The minimum atomic E-state index is -0.385. The normalized spacial score (nSPS) is 10.8. The molecule has 0 aliphatic rings. The highest BCUT2D eigenvalue weighted by atomic mass is 16.6. The first-order valence-electron chi connectivity index (χ1n) is 7.87. The van der Waals surface area contributed by atoms with Crippen LogP contribution in [0.25, 0.3) is 6.08 Å². The molecule has 124 valence electrons. The summed E-state index contributed by atoms with van der Waals surface area (Å²) in [6, 6.07) is 13.9. The number of nitro groups is 1. The molecule has 0 radical (unpaired) electrons. The number of hydrogen-bond donors (Lipinski definition) is 0. The largest absolute Gasteiger partial charge is 0.367 e. The summed E-state index contributed by atoms with van der Waals surface area (Å²) < 4.78 is 0. The minimum absolute atomic E-state index is 0.0491. The topological polar surface area (TPSA) is 63.5 Å². The van der Waals surface area contributed by atoms with Gasteiger partial charge in [0.25, 0.3) is 5.69 Å². The molecule has 0 bridgehead atoms. The number of nitrogens with zero attached hydrogens (tertiary/aromatic N) is 2. The quantitative estimate of drug-likeness (QED) is 0.329. The Balaban J connectivity index is 2.29. The lowest BCUT2D eigenvalue weighted by molar-refractivity contribution is -0.384. The van der Waals surface area contributed by atoms with Gasteiger partial charge >= 0.3 is 0 Å². The Bertz CT molecular complexity index is 750. The molecule has 2 aromatic carbocycles. The van der Waals surface area contributed by atoms with Crippen LogP contribution in [-0.2, 0) is 0 Å². The Morgan fingerprint density at radius 3 is 2.38 bits per heavy atom. The van der Waals surface area contributed by atoms with E-state index in [2.05, 4.69) is 0 Å². The summed E-state index contributed by atoms with van der Waals surface area (Å²) in [6.07, 6.45) is 3.04. The summed E-state index contributed by atoms with van der Waals surface area (Å²) in [5.74, 6) is -0.133. The van der Waals surface area contributed by atoms with E-state index in [0.29, 0.717) is 29.9 Å². The molecule has 0 aliphatic heterocycles. The second kappa shape index (κ2) is 8.06. The van der Waals surface area contributed by atoms with Crippen LogP contribution in [0.3, 0.4) is 0 Å². The number of benzene rings is 2. The minimum Gasteiger partial charge on any atom is -0.367 e. The van der Waals surface area contributed by atoms with Gasteiger partial charge in [-0.1, -0.05) is 42.5 Å². The molecule has 0 amide bonds. The summed E-state index contributed by atoms with van der Waals surface area (Å²) in [6.45, 7) is 5.30. The Morgan fingerprint density at radius 1 is 1.12 bits per heavy atom. The Kier molecular flexibility index (Phi) is 5.84. The SMILES string of the molecule is CCN(CC)c1ccc(/C=C/C(=O)c2ccccc2)cc1[N+](=O)[O-]. The van der Waals surface area contributed by atoms with E-state index in [0.717, 1.165) is 0 Å². The molecular weight excluding hydrogens is 304 g/mol. The lowest BCUT2D eigenvalue weighted by Gasteiger charge is -2.20. The zero-order chi connectivity index (χ0) is 17.5. The van der Waals surface area contributed by atoms with Gasteiger partial charge < -0.3 is 4.90 Å². The summed E-state index contributed by atoms with van der Waals surface area (Å²) in [5.41, 5.74) is 1.86. The van der Waals surface area contributed by atoms with Gasteiger partial charge in [0, 0.05) is 24.7 Å². The number of hydrogen-bond acceptors (Lipinski definition) is 4. The molecule has 0 unspecified atom stereocenters. The zero-order valence-electron chi connectivity index (χ0n) is 13.8. The van der Waals surface area contributed by atoms with Crippen LogP contribution in [0.15, 0.2) is 54.6 Å². The zero-order valence-corrected chi connectivity index (χ0v) is 13.8. The van der Waals surface area contributed by atoms with E-state index in [9.17, 15) is 14.9 Å². The van der Waals surface area contributed by atoms with Crippen molar-refractivity contribution in [3.8, 4) is 0 Å². The van der Waals surface area contributed by atoms with E-state index in [1.165, 1.54) is 12.1 Å². The van der Waals surface area contributed by atoms with Crippen LogP contribution in [0.2, 0.25) is 0 Å². The highest BCUT2D eigenvalue weighted by Gasteiger charge is 2.17. The van der Waals surface area contributed by atoms with Crippen molar-refractivity contribution in [3.63, 3.8) is 0 Å². The molecule has 0 aliphatic carbocycles. The molecule has 0 aromatic heterocycles. The molecule has 0 heterocycles. The standard InChI is InChI=1S/C19H20N2O3/c1-3-20(4-2)17-12-10-15(14-18(17)21(23)24)11-13-19(22)16-8-6-5-7-9-16/h5-14H,3-4H2,1-2H3/b13-11+. The molecular formula is C19H20N2O3. The molecule has 0 saturated heterocycles. The van der Waals surface area contributed by atoms with E-state index >= 15 is 0 Å². The third-order valence-corrected chi connectivity index (χ3v) is 3.79. The third-order valence-electron chi connectivity index (χ3n) is 3.79. The van der Waals surface area contributed by atoms with Gasteiger partial charge in [-0.15, -0.1) is 0 Å². The lowest BCUT2D eigenvalue weighted by Crippen LogP contribution is -2.22. The Hall–Kier alpha value is -2.95. The molecule has 5 heteroatoms. The lowest BCUT2D eigenvalue weighted by atomic mass is 10.1. The Morgan fingerprint density at radius 2 is 1.79 bits per heavy atom. The maximum Gasteiger partial charge on any atom is 0.293 e. The molecule has 2 rings (SSSR count). The molecule has 2 aromatic rings. The summed E-state index contributed by atoms with van der Waals surface area (Å²) in [5, 5.41) is 11.4. The van der Waals surface area contributed by atoms with Crippen molar-refractivity contribution in [1.29, 1.82) is 0 Å². The fraction of sp³-hybridized carbons (Fsp3) is 0.211. The van der Waals surface area contributed by atoms with E-state index in [1.807, 2.05) is 24.8 Å². The van der Waals surface area contributed by atoms with E-state index in [1.54, 1.807) is 42.5 Å². The van der Waals surface area contributed by atoms with Crippen LogP contribution in [0.5, 0.6) is 0 Å². The number of anilines is 1. The van der Waals surface area contributed by atoms with Crippen LogP contribution < -0.4 is 4.90 Å². The maximum atomic E-state index is 12.1. The van der Waals surface area contributed by atoms with Gasteiger partial charge in [-0.25, -0.2) is 0 Å². The molecule has 24 heavy (non-hydrogen) atoms. The van der Waals surface area contributed by atoms with Crippen molar-refractivity contribution in [3.05, 3.63) is 75.8 Å². The molecule has 0 N–H and O–H groups in total. The highest BCUT2D eigenvalue weighted by Crippen LogP contribution is 2.29. The van der Waals surface area contributed by atoms with Crippen molar-refractivity contribution in [1.82, 2.24) is 0 Å². The van der Waals surface area contributed by atoms with Gasteiger partial charge in [-0.3, -0.25) is 14.9 Å². The first-order chi connectivity index (χ1) is 11.6. The second-order valence-electron chi connectivity index (χ2n) is 5.24. The van der Waals surface area contributed by atoms with Crippen molar-refractivity contribution < 1.29 is 9.72 Å². The van der Waals surface area contributed by atoms with E-state index in [-0.39, 0.29) is 16.4 Å². The number of ketones is 1. The molecule has 5 nitrogen and oxygen atoms in total. The predicted octanol–water partition coefficient (Wildman–Crippen LogP) is 4.34. The summed E-state index contributed by atoms with van der Waals surface area (Å²) in [7, 11) is 0. The van der Waals surface area contributed by atoms with Crippen molar-refractivity contribution >= 4 is 23.2 Å². The fourth-order valence-electron chi connectivity index (χ4n) is 2.49. The van der Waals surface area contributed by atoms with Crippen molar-refractivity contribution in [2.75, 3.05) is 18.0 Å². The van der Waals surface area contributed by atoms with Gasteiger partial charge in [0.2, 0.25) is 0 Å². The number of carbonyl (C=O) groups is 1. The molecule has 0 fully saturated rings. The van der Waals surface area contributed by atoms with Gasteiger partial charge in [0.05, 0.1) is 4.92 Å². The molecule has 0 saturated carbocycles. The number of carbonyl (C=O) groups excluding carboxylic acids is 1. The molecule has 0 atom stereocenters. The predicted molar refractivity (Wildman–Crippen MR) is 96.5 cm³/mol. The van der Waals surface area contributed by atoms with Gasteiger partial charge in [-0.2, -0.15) is 0 Å². The van der Waals surface area contributed by atoms with Crippen molar-refractivity contribution in [2.24, 2.45) is 0 Å². The van der Waals surface area contributed by atoms with E-state index < -0.39 is 0 Å². The summed E-state index contributed by atoms with van der Waals surface area (Å²) in [4.78, 5) is 25.0. The monoisotopic (exact) mass is 324 g/mol. The van der Waals surface area contributed by atoms with Crippen molar-refractivity contribution in [2.45, 2.75) is 13.8 Å². The smallest absolute Gasteiger partial charge is 0.293 e. The average molecular weight is 324 g/mol.